The van der Waals surface area contributed by atoms with Gasteiger partial charge in [-0.1, -0.05) is 25.8 Å². The second-order valence-electron chi connectivity index (χ2n) is 6.31. The first-order valence-corrected chi connectivity index (χ1v) is 7.90. The molecule has 1 aromatic rings. The maximum absolute atomic E-state index is 12.0. The Morgan fingerprint density at radius 2 is 2.29 bits per heavy atom. The first-order valence-electron chi connectivity index (χ1n) is 7.49. The Balaban J connectivity index is 1.87. The summed E-state index contributed by atoms with van der Waals surface area (Å²) < 4.78 is 2.42. The fourth-order valence-electron chi connectivity index (χ4n) is 2.76. The highest BCUT2D eigenvalue weighted by atomic mass is 32.1. The van der Waals surface area contributed by atoms with E-state index in [2.05, 4.69) is 29.4 Å². The molecule has 1 fully saturated rings. The number of nitrogens with one attached hydrogen (secondary N) is 2. The molecule has 1 heterocycles. The molecule has 1 aromatic heterocycles. The van der Waals surface area contributed by atoms with E-state index in [1.807, 2.05) is 11.6 Å². The molecule has 1 aliphatic rings. The van der Waals surface area contributed by atoms with Crippen LogP contribution >= 0.6 is 12.2 Å². The van der Waals surface area contributed by atoms with Crippen LogP contribution in [0, 0.1) is 10.2 Å². The van der Waals surface area contributed by atoms with Crippen LogP contribution in [-0.2, 0) is 18.3 Å². The summed E-state index contributed by atoms with van der Waals surface area (Å²) in [6.45, 7) is 5.01. The summed E-state index contributed by atoms with van der Waals surface area (Å²) in [6, 6.07) is 0. The zero-order valence-corrected chi connectivity index (χ0v) is 13.8. The lowest BCUT2D eigenvalue weighted by Crippen LogP contribution is -2.27. The fraction of sp³-hybridized carbons (Fsp3) is 0.667. The van der Waals surface area contributed by atoms with Crippen molar-refractivity contribution in [1.29, 1.82) is 0 Å². The maximum Gasteiger partial charge on any atom is 0.243 e. The maximum atomic E-state index is 12.0. The lowest BCUT2D eigenvalue weighted by Gasteiger charge is -2.32. The molecule has 0 saturated heterocycles. The van der Waals surface area contributed by atoms with Crippen molar-refractivity contribution in [2.45, 2.75) is 46.0 Å². The van der Waals surface area contributed by atoms with Crippen LogP contribution < -0.4 is 5.32 Å². The van der Waals surface area contributed by atoms with Crippen LogP contribution in [-0.4, -0.2) is 27.2 Å². The molecule has 0 bridgehead atoms. The molecule has 6 heteroatoms. The topological polar surface area (TPSA) is 62.7 Å². The number of carbonyl (C=O) groups is 1. The minimum Gasteiger partial charge on any atom is -0.352 e. The molecule has 0 aliphatic heterocycles. The van der Waals surface area contributed by atoms with E-state index in [1.54, 1.807) is 6.08 Å². The van der Waals surface area contributed by atoms with Crippen LogP contribution in [0.4, 0.5) is 0 Å². The second-order valence-corrected chi connectivity index (χ2v) is 6.69. The number of nitrogens with zero attached hydrogens (tertiary/aromatic N) is 2. The van der Waals surface area contributed by atoms with E-state index in [0.29, 0.717) is 17.7 Å². The SMILES string of the molecule is Cn1c(CCNC(=O)C=C2CCCCC2(C)C)n[nH]c1=S. The number of amides is 1. The monoisotopic (exact) mass is 308 g/mol. The van der Waals surface area contributed by atoms with Crippen molar-refractivity contribution in [1.82, 2.24) is 20.1 Å². The van der Waals surface area contributed by atoms with Crippen molar-refractivity contribution in [2.75, 3.05) is 6.54 Å². The molecule has 2 N–H and O–H groups in total. The first-order chi connectivity index (χ1) is 9.90. The molecule has 1 amide bonds. The summed E-state index contributed by atoms with van der Waals surface area (Å²) in [4.78, 5) is 12.0. The molecule has 0 aromatic carbocycles. The molecule has 1 saturated carbocycles. The zero-order valence-electron chi connectivity index (χ0n) is 13.0. The van der Waals surface area contributed by atoms with Crippen molar-refractivity contribution in [3.63, 3.8) is 0 Å². The zero-order chi connectivity index (χ0) is 15.5. The predicted octanol–water partition coefficient (Wildman–Crippen LogP) is 2.66. The number of hydrogen-bond donors (Lipinski definition) is 2. The quantitative estimate of drug-likeness (QED) is 0.664. The van der Waals surface area contributed by atoms with Crippen LogP contribution in [0.1, 0.15) is 45.4 Å². The van der Waals surface area contributed by atoms with Crippen LogP contribution in [0.3, 0.4) is 0 Å². The van der Waals surface area contributed by atoms with E-state index in [9.17, 15) is 4.79 Å². The lowest BCUT2D eigenvalue weighted by atomic mass is 9.73. The van der Waals surface area contributed by atoms with E-state index in [1.165, 1.54) is 18.4 Å². The largest absolute Gasteiger partial charge is 0.352 e. The smallest absolute Gasteiger partial charge is 0.243 e. The molecule has 0 spiro atoms. The average molecular weight is 308 g/mol. The number of hydrogen-bond acceptors (Lipinski definition) is 3. The van der Waals surface area contributed by atoms with Crippen molar-refractivity contribution >= 4 is 18.1 Å². The molecule has 116 valence electrons. The van der Waals surface area contributed by atoms with Crippen LogP contribution in [0.5, 0.6) is 0 Å². The van der Waals surface area contributed by atoms with Gasteiger partial charge in [-0.25, -0.2) is 0 Å². The van der Waals surface area contributed by atoms with Crippen molar-refractivity contribution in [3.8, 4) is 0 Å². The normalized spacial score (nSPS) is 19.7. The third-order valence-corrected chi connectivity index (χ3v) is 4.66. The van der Waals surface area contributed by atoms with Gasteiger partial charge in [-0.15, -0.1) is 0 Å². The summed E-state index contributed by atoms with van der Waals surface area (Å²) in [5.41, 5.74) is 1.42. The van der Waals surface area contributed by atoms with Gasteiger partial charge in [0, 0.05) is 26.1 Å². The van der Waals surface area contributed by atoms with Gasteiger partial charge in [0.2, 0.25) is 5.91 Å². The molecule has 5 nitrogen and oxygen atoms in total. The highest BCUT2D eigenvalue weighted by Crippen LogP contribution is 2.39. The van der Waals surface area contributed by atoms with E-state index < -0.39 is 0 Å². The Morgan fingerprint density at radius 1 is 1.52 bits per heavy atom. The highest BCUT2D eigenvalue weighted by molar-refractivity contribution is 7.71. The van der Waals surface area contributed by atoms with E-state index in [0.717, 1.165) is 18.7 Å². The van der Waals surface area contributed by atoms with Gasteiger partial charge in [-0.05, 0) is 36.9 Å². The standard InChI is InChI=1S/C15H24N4OS/c1-15(2)8-5-4-6-11(15)10-13(20)16-9-7-12-17-18-14(21)19(12)3/h10H,4-9H2,1-3H3,(H,16,20)(H,18,21). The van der Waals surface area contributed by atoms with E-state index in [4.69, 9.17) is 12.2 Å². The third-order valence-electron chi connectivity index (χ3n) is 4.29. The summed E-state index contributed by atoms with van der Waals surface area (Å²) in [5, 5.41) is 9.81. The predicted molar refractivity (Wildman–Crippen MR) is 85.4 cm³/mol. The second kappa shape index (κ2) is 6.56. The van der Waals surface area contributed by atoms with Gasteiger partial charge in [0.25, 0.3) is 0 Å². The Labute approximate surface area is 130 Å². The van der Waals surface area contributed by atoms with Gasteiger partial charge in [-0.3, -0.25) is 9.89 Å². The van der Waals surface area contributed by atoms with Crippen LogP contribution in [0.15, 0.2) is 11.6 Å². The number of rotatable bonds is 4. The molecule has 0 unspecified atom stereocenters. The minimum absolute atomic E-state index is 0.00300. The van der Waals surface area contributed by atoms with Gasteiger partial charge in [0.15, 0.2) is 4.77 Å². The minimum atomic E-state index is -0.00300. The van der Waals surface area contributed by atoms with Crippen LogP contribution in [0.25, 0.3) is 0 Å². The van der Waals surface area contributed by atoms with Crippen LogP contribution in [0.2, 0.25) is 0 Å². The average Bonchev–Trinajstić information content (AvgIpc) is 2.73. The number of allylic oxidation sites excluding steroid dienone is 1. The highest BCUT2D eigenvalue weighted by Gasteiger charge is 2.26. The Kier molecular flexibility index (Phi) is 4.98. The number of aromatic nitrogens is 3. The van der Waals surface area contributed by atoms with Crippen molar-refractivity contribution in [3.05, 3.63) is 22.2 Å². The Morgan fingerprint density at radius 3 is 2.90 bits per heavy atom. The molecule has 21 heavy (non-hydrogen) atoms. The van der Waals surface area contributed by atoms with Gasteiger partial charge in [0.1, 0.15) is 5.82 Å². The molecular weight excluding hydrogens is 284 g/mol. The summed E-state index contributed by atoms with van der Waals surface area (Å²) in [5.74, 6) is 0.850. The molecule has 0 atom stereocenters. The first kappa shape index (κ1) is 15.9. The number of aromatic amines is 1. The molecule has 1 aliphatic carbocycles. The lowest BCUT2D eigenvalue weighted by molar-refractivity contribution is -0.116. The Bertz CT molecular complexity index is 597. The number of carbonyl (C=O) groups excluding carboxylic acids is 1. The summed E-state index contributed by atoms with van der Waals surface area (Å²) in [6.07, 6.45) is 7.10. The van der Waals surface area contributed by atoms with E-state index in [-0.39, 0.29) is 11.3 Å². The van der Waals surface area contributed by atoms with E-state index >= 15 is 0 Å². The molecule has 0 radical (unpaired) electrons. The van der Waals surface area contributed by atoms with Gasteiger partial charge >= 0.3 is 0 Å². The van der Waals surface area contributed by atoms with Gasteiger partial charge in [0.05, 0.1) is 0 Å². The summed E-state index contributed by atoms with van der Waals surface area (Å²) >= 11 is 5.06. The van der Waals surface area contributed by atoms with Gasteiger partial charge < -0.3 is 9.88 Å². The third kappa shape index (κ3) is 4.03. The fourth-order valence-corrected chi connectivity index (χ4v) is 2.91. The number of H-pyrrole nitrogens is 1. The Hall–Kier alpha value is -1.43. The summed E-state index contributed by atoms with van der Waals surface area (Å²) in [7, 11) is 1.87. The van der Waals surface area contributed by atoms with Gasteiger partial charge in [-0.2, -0.15) is 5.10 Å². The molecular formula is C15H24N4OS. The molecule has 2 rings (SSSR count). The van der Waals surface area contributed by atoms with Crippen molar-refractivity contribution < 1.29 is 4.79 Å². The van der Waals surface area contributed by atoms with Crippen molar-refractivity contribution in [2.24, 2.45) is 12.5 Å².